The van der Waals surface area contributed by atoms with Gasteiger partial charge in [-0.05, 0) is 43.4 Å². The van der Waals surface area contributed by atoms with Crippen molar-refractivity contribution in [2.24, 2.45) is 11.1 Å². The highest BCUT2D eigenvalue weighted by molar-refractivity contribution is 7.89. The summed E-state index contributed by atoms with van der Waals surface area (Å²) in [6.45, 7) is 5.28. The fourth-order valence-corrected chi connectivity index (χ4v) is 3.21. The third-order valence-corrected chi connectivity index (χ3v) is 4.87. The summed E-state index contributed by atoms with van der Waals surface area (Å²) in [7, 11) is -3.79. The second kappa shape index (κ2) is 6.03. The van der Waals surface area contributed by atoms with Crippen molar-refractivity contribution in [2.75, 3.05) is 18.4 Å². The normalized spacial score (nSPS) is 16.8. The number of nitrogens with two attached hydrogens (primary N) is 1. The molecule has 0 atom stereocenters. The van der Waals surface area contributed by atoms with Gasteiger partial charge in [-0.15, -0.1) is 0 Å². The molecule has 7 heteroatoms. The monoisotopic (exact) mass is 311 g/mol. The molecule has 0 aliphatic carbocycles. The van der Waals surface area contributed by atoms with Crippen LogP contribution in [-0.4, -0.2) is 32.4 Å². The standard InChI is InChI=1S/C14H21N3O3S/c1-10-5-7-17(8-6-10)14(18)16-12-4-3-11(2)13(9-12)21(15,19)20/h3-4,9-10H,5-8H2,1-2H3,(H,16,18)(H2,15,19,20). The third-order valence-electron chi connectivity index (χ3n) is 3.82. The molecule has 0 unspecified atom stereocenters. The van der Waals surface area contributed by atoms with Gasteiger partial charge in [-0.3, -0.25) is 0 Å². The molecule has 1 saturated heterocycles. The molecule has 0 radical (unpaired) electrons. The molecule has 1 aromatic carbocycles. The van der Waals surface area contributed by atoms with E-state index < -0.39 is 10.0 Å². The van der Waals surface area contributed by atoms with Crippen molar-refractivity contribution in [1.82, 2.24) is 4.90 Å². The lowest BCUT2D eigenvalue weighted by atomic mass is 10.00. The van der Waals surface area contributed by atoms with Crippen LogP contribution in [0.15, 0.2) is 23.1 Å². The summed E-state index contributed by atoms with van der Waals surface area (Å²) in [4.78, 5) is 13.9. The quantitative estimate of drug-likeness (QED) is 0.873. The van der Waals surface area contributed by atoms with E-state index in [1.54, 1.807) is 24.0 Å². The van der Waals surface area contributed by atoms with Crippen LogP contribution in [0.4, 0.5) is 10.5 Å². The van der Waals surface area contributed by atoms with E-state index in [1.165, 1.54) is 6.07 Å². The number of benzene rings is 1. The van der Waals surface area contributed by atoms with E-state index in [4.69, 9.17) is 5.14 Å². The second-order valence-electron chi connectivity index (χ2n) is 5.63. The zero-order valence-electron chi connectivity index (χ0n) is 12.3. The summed E-state index contributed by atoms with van der Waals surface area (Å²) in [5.74, 6) is 0.641. The maximum absolute atomic E-state index is 12.2. The van der Waals surface area contributed by atoms with Crippen LogP contribution < -0.4 is 10.5 Å². The maximum Gasteiger partial charge on any atom is 0.321 e. The second-order valence-corrected chi connectivity index (χ2v) is 7.15. The number of carbonyl (C=O) groups is 1. The Balaban J connectivity index is 2.11. The lowest BCUT2D eigenvalue weighted by Crippen LogP contribution is -2.40. The Bertz CT molecular complexity index is 635. The van der Waals surface area contributed by atoms with Crippen LogP contribution in [0, 0.1) is 12.8 Å². The molecule has 6 nitrogen and oxygen atoms in total. The van der Waals surface area contributed by atoms with Crippen molar-refractivity contribution < 1.29 is 13.2 Å². The van der Waals surface area contributed by atoms with Gasteiger partial charge < -0.3 is 10.2 Å². The zero-order valence-corrected chi connectivity index (χ0v) is 13.1. The van der Waals surface area contributed by atoms with Crippen molar-refractivity contribution in [3.8, 4) is 0 Å². The van der Waals surface area contributed by atoms with Crippen molar-refractivity contribution >= 4 is 21.7 Å². The Hall–Kier alpha value is -1.60. The van der Waals surface area contributed by atoms with Gasteiger partial charge in [0.25, 0.3) is 0 Å². The molecule has 1 aromatic rings. The first-order chi connectivity index (χ1) is 9.77. The summed E-state index contributed by atoms with van der Waals surface area (Å²) >= 11 is 0. The highest BCUT2D eigenvalue weighted by Gasteiger charge is 2.21. The first-order valence-electron chi connectivity index (χ1n) is 6.97. The van der Waals surface area contributed by atoms with Gasteiger partial charge in [0.15, 0.2) is 0 Å². The first kappa shape index (κ1) is 15.8. The summed E-state index contributed by atoms with van der Waals surface area (Å²) in [6, 6.07) is 4.50. The Labute approximate surface area is 125 Å². The van der Waals surface area contributed by atoms with Gasteiger partial charge in [0.1, 0.15) is 0 Å². The largest absolute Gasteiger partial charge is 0.325 e. The summed E-state index contributed by atoms with van der Waals surface area (Å²) in [5, 5.41) is 7.90. The van der Waals surface area contributed by atoms with Crippen molar-refractivity contribution in [3.63, 3.8) is 0 Å². The van der Waals surface area contributed by atoms with Gasteiger partial charge in [0, 0.05) is 18.8 Å². The number of nitrogens with zero attached hydrogens (tertiary/aromatic N) is 1. The number of carbonyl (C=O) groups excluding carboxylic acids is 1. The zero-order chi connectivity index (χ0) is 15.6. The van der Waals surface area contributed by atoms with Crippen LogP contribution in [0.2, 0.25) is 0 Å². The van der Waals surface area contributed by atoms with Crippen LogP contribution >= 0.6 is 0 Å². The fourth-order valence-electron chi connectivity index (χ4n) is 2.40. The van der Waals surface area contributed by atoms with Crippen molar-refractivity contribution in [2.45, 2.75) is 31.6 Å². The molecule has 0 saturated carbocycles. The minimum Gasteiger partial charge on any atom is -0.325 e. The van der Waals surface area contributed by atoms with Gasteiger partial charge >= 0.3 is 6.03 Å². The molecular weight excluding hydrogens is 290 g/mol. The lowest BCUT2D eigenvalue weighted by molar-refractivity contribution is 0.186. The lowest BCUT2D eigenvalue weighted by Gasteiger charge is -2.30. The molecule has 1 heterocycles. The Morgan fingerprint density at radius 1 is 1.33 bits per heavy atom. The average Bonchev–Trinajstić information content (AvgIpc) is 2.40. The van der Waals surface area contributed by atoms with Crippen LogP contribution in [0.5, 0.6) is 0 Å². The molecule has 1 aliphatic rings. The van der Waals surface area contributed by atoms with E-state index in [0.717, 1.165) is 25.9 Å². The molecule has 1 aliphatic heterocycles. The number of likely N-dealkylation sites (tertiary alicyclic amines) is 1. The molecule has 21 heavy (non-hydrogen) atoms. The Kier molecular flexibility index (Phi) is 4.53. The number of aryl methyl sites for hydroxylation is 1. The number of hydrogen-bond acceptors (Lipinski definition) is 3. The van der Waals surface area contributed by atoms with Crippen LogP contribution in [-0.2, 0) is 10.0 Å². The van der Waals surface area contributed by atoms with E-state index in [9.17, 15) is 13.2 Å². The number of urea groups is 1. The van der Waals surface area contributed by atoms with Crippen molar-refractivity contribution in [1.29, 1.82) is 0 Å². The summed E-state index contributed by atoms with van der Waals surface area (Å²) in [6.07, 6.45) is 1.98. The Morgan fingerprint density at radius 3 is 2.52 bits per heavy atom. The summed E-state index contributed by atoms with van der Waals surface area (Å²) in [5.41, 5.74) is 0.996. The van der Waals surface area contributed by atoms with E-state index in [-0.39, 0.29) is 10.9 Å². The van der Waals surface area contributed by atoms with E-state index in [2.05, 4.69) is 12.2 Å². The number of amides is 2. The highest BCUT2D eigenvalue weighted by atomic mass is 32.2. The number of primary sulfonamides is 1. The van der Waals surface area contributed by atoms with Crippen LogP contribution in [0.25, 0.3) is 0 Å². The molecule has 3 N–H and O–H groups in total. The first-order valence-corrected chi connectivity index (χ1v) is 8.51. The number of rotatable bonds is 2. The fraction of sp³-hybridized carbons (Fsp3) is 0.500. The number of sulfonamides is 1. The van der Waals surface area contributed by atoms with E-state index >= 15 is 0 Å². The SMILES string of the molecule is Cc1ccc(NC(=O)N2CCC(C)CC2)cc1S(N)(=O)=O. The number of anilines is 1. The third kappa shape index (κ3) is 3.95. The molecule has 0 spiro atoms. The van der Waals surface area contributed by atoms with Gasteiger partial charge in [0.05, 0.1) is 4.90 Å². The predicted octanol–water partition coefficient (Wildman–Crippen LogP) is 1.91. The predicted molar refractivity (Wildman–Crippen MR) is 81.5 cm³/mol. The molecule has 0 aromatic heterocycles. The van der Waals surface area contributed by atoms with E-state index in [0.29, 0.717) is 17.2 Å². The number of piperidine rings is 1. The van der Waals surface area contributed by atoms with Gasteiger partial charge in [-0.2, -0.15) is 0 Å². The topological polar surface area (TPSA) is 92.5 Å². The molecule has 2 amide bonds. The van der Waals surface area contributed by atoms with Gasteiger partial charge in [-0.1, -0.05) is 13.0 Å². The smallest absolute Gasteiger partial charge is 0.321 e. The minimum atomic E-state index is -3.79. The number of nitrogens with one attached hydrogen (secondary N) is 1. The maximum atomic E-state index is 12.2. The molecule has 116 valence electrons. The average molecular weight is 311 g/mol. The van der Waals surface area contributed by atoms with Gasteiger partial charge in [0.2, 0.25) is 10.0 Å². The Morgan fingerprint density at radius 2 is 1.95 bits per heavy atom. The van der Waals surface area contributed by atoms with E-state index in [1.807, 2.05) is 0 Å². The molecule has 0 bridgehead atoms. The van der Waals surface area contributed by atoms with Crippen LogP contribution in [0.3, 0.4) is 0 Å². The molecule has 2 rings (SSSR count). The van der Waals surface area contributed by atoms with Crippen LogP contribution in [0.1, 0.15) is 25.3 Å². The minimum absolute atomic E-state index is 0.0348. The van der Waals surface area contributed by atoms with Crippen molar-refractivity contribution in [3.05, 3.63) is 23.8 Å². The molecule has 1 fully saturated rings. The molecular formula is C14H21N3O3S. The number of hydrogen-bond donors (Lipinski definition) is 2. The summed E-state index contributed by atoms with van der Waals surface area (Å²) < 4.78 is 23.0. The van der Waals surface area contributed by atoms with Gasteiger partial charge in [-0.25, -0.2) is 18.4 Å². The highest BCUT2D eigenvalue weighted by Crippen LogP contribution is 2.21.